The number of nitrogens with one attached hydrogen (secondary N) is 1. The standard InChI is InChI=1S/C22H28N6O2/c1-3-19-26-17-7-4-5-8-18(17)28(19)12-21(29)23-13-22(30)9-6-10-27(14-22)20-11-16(2)24-15-25-20/h4-5,7-8,11,15,30H,3,6,9-10,12-14H2,1-2H3,(H,23,29). The van der Waals surface area contributed by atoms with E-state index in [9.17, 15) is 9.90 Å². The van der Waals surface area contributed by atoms with Crippen LogP contribution in [0.25, 0.3) is 11.0 Å². The van der Waals surface area contributed by atoms with Crippen molar-refractivity contribution in [3.8, 4) is 0 Å². The Bertz CT molecular complexity index is 1050. The van der Waals surface area contributed by atoms with Gasteiger partial charge in [0.05, 0.1) is 16.6 Å². The number of aliphatic hydroxyl groups is 1. The van der Waals surface area contributed by atoms with Crippen LogP contribution in [-0.2, 0) is 17.8 Å². The van der Waals surface area contributed by atoms with E-state index in [1.54, 1.807) is 6.33 Å². The van der Waals surface area contributed by atoms with Gasteiger partial charge in [0, 0.05) is 37.8 Å². The Balaban J connectivity index is 1.41. The summed E-state index contributed by atoms with van der Waals surface area (Å²) in [5, 5.41) is 14.0. The zero-order valence-corrected chi connectivity index (χ0v) is 17.5. The van der Waals surface area contributed by atoms with E-state index in [0.29, 0.717) is 13.0 Å². The van der Waals surface area contributed by atoms with Gasteiger partial charge in [-0.3, -0.25) is 4.79 Å². The molecule has 3 aromatic rings. The fourth-order valence-electron chi connectivity index (χ4n) is 4.10. The van der Waals surface area contributed by atoms with Crippen LogP contribution in [0.3, 0.4) is 0 Å². The first-order valence-electron chi connectivity index (χ1n) is 10.4. The summed E-state index contributed by atoms with van der Waals surface area (Å²) >= 11 is 0. The Labute approximate surface area is 176 Å². The third kappa shape index (κ3) is 4.28. The summed E-state index contributed by atoms with van der Waals surface area (Å²) in [6.07, 6.45) is 3.77. The fraction of sp³-hybridized carbons (Fsp3) is 0.455. The maximum atomic E-state index is 12.7. The van der Waals surface area contributed by atoms with Gasteiger partial charge in [0.15, 0.2) is 0 Å². The molecule has 3 heterocycles. The lowest BCUT2D eigenvalue weighted by Crippen LogP contribution is -2.54. The van der Waals surface area contributed by atoms with E-state index in [-0.39, 0.29) is 19.0 Å². The monoisotopic (exact) mass is 408 g/mol. The number of benzene rings is 1. The molecule has 8 nitrogen and oxygen atoms in total. The van der Waals surface area contributed by atoms with Gasteiger partial charge in [0.1, 0.15) is 24.5 Å². The number of amides is 1. The quantitative estimate of drug-likeness (QED) is 0.646. The highest BCUT2D eigenvalue weighted by molar-refractivity contribution is 5.81. The number of hydrogen-bond donors (Lipinski definition) is 2. The highest BCUT2D eigenvalue weighted by atomic mass is 16.3. The first-order chi connectivity index (χ1) is 14.5. The zero-order valence-electron chi connectivity index (χ0n) is 17.5. The molecule has 158 valence electrons. The van der Waals surface area contributed by atoms with Crippen LogP contribution < -0.4 is 10.2 Å². The second-order valence-electron chi connectivity index (χ2n) is 8.00. The minimum absolute atomic E-state index is 0.128. The molecule has 1 aliphatic rings. The molecule has 1 aromatic carbocycles. The summed E-state index contributed by atoms with van der Waals surface area (Å²) in [6.45, 7) is 5.61. The average molecular weight is 409 g/mol. The Morgan fingerprint density at radius 1 is 1.30 bits per heavy atom. The third-order valence-electron chi connectivity index (χ3n) is 5.63. The van der Waals surface area contributed by atoms with Gasteiger partial charge in [-0.05, 0) is 31.9 Å². The molecular formula is C22H28N6O2. The van der Waals surface area contributed by atoms with Crippen LogP contribution >= 0.6 is 0 Å². The highest BCUT2D eigenvalue weighted by Gasteiger charge is 2.34. The Hall–Kier alpha value is -3.00. The molecule has 0 spiro atoms. The molecule has 1 atom stereocenters. The first-order valence-corrected chi connectivity index (χ1v) is 10.4. The second-order valence-corrected chi connectivity index (χ2v) is 8.00. The van der Waals surface area contributed by atoms with Gasteiger partial charge < -0.3 is 19.9 Å². The number of imidazole rings is 1. The van der Waals surface area contributed by atoms with Crippen molar-refractivity contribution in [2.24, 2.45) is 0 Å². The topological polar surface area (TPSA) is 96.2 Å². The van der Waals surface area contributed by atoms with Crippen molar-refractivity contribution in [2.45, 2.75) is 45.3 Å². The predicted molar refractivity (Wildman–Crippen MR) is 115 cm³/mol. The summed E-state index contributed by atoms with van der Waals surface area (Å²) < 4.78 is 1.95. The maximum absolute atomic E-state index is 12.7. The molecule has 2 N–H and O–H groups in total. The van der Waals surface area contributed by atoms with Crippen LogP contribution in [0.15, 0.2) is 36.7 Å². The number of aromatic nitrogens is 4. The number of nitrogens with zero attached hydrogens (tertiary/aromatic N) is 5. The number of para-hydroxylation sites is 2. The Morgan fingerprint density at radius 3 is 2.93 bits per heavy atom. The number of piperidine rings is 1. The van der Waals surface area contributed by atoms with E-state index in [0.717, 1.165) is 47.8 Å². The van der Waals surface area contributed by atoms with Crippen molar-refractivity contribution in [2.75, 3.05) is 24.5 Å². The number of carbonyl (C=O) groups is 1. The number of hydrogen-bond acceptors (Lipinski definition) is 6. The van der Waals surface area contributed by atoms with Crippen molar-refractivity contribution in [3.63, 3.8) is 0 Å². The van der Waals surface area contributed by atoms with Crippen LogP contribution in [0.5, 0.6) is 0 Å². The molecule has 0 aliphatic carbocycles. The average Bonchev–Trinajstić information content (AvgIpc) is 3.10. The summed E-state index contributed by atoms with van der Waals surface area (Å²) in [6, 6.07) is 9.75. The van der Waals surface area contributed by atoms with Crippen LogP contribution in [0, 0.1) is 6.92 Å². The number of carbonyl (C=O) groups excluding carboxylic acids is 1. The number of rotatable bonds is 6. The molecule has 1 saturated heterocycles. The summed E-state index contributed by atoms with van der Waals surface area (Å²) in [5.74, 6) is 1.56. The normalized spacial score (nSPS) is 19.2. The van der Waals surface area contributed by atoms with Crippen LogP contribution in [-0.4, -0.2) is 55.8 Å². The van der Waals surface area contributed by atoms with Gasteiger partial charge in [-0.25, -0.2) is 15.0 Å². The van der Waals surface area contributed by atoms with Gasteiger partial charge in [-0.2, -0.15) is 0 Å². The van der Waals surface area contributed by atoms with Crippen molar-refractivity contribution in [3.05, 3.63) is 48.2 Å². The second kappa shape index (κ2) is 8.39. The van der Waals surface area contributed by atoms with E-state index >= 15 is 0 Å². The minimum Gasteiger partial charge on any atom is -0.386 e. The Morgan fingerprint density at radius 2 is 2.13 bits per heavy atom. The molecule has 30 heavy (non-hydrogen) atoms. The van der Waals surface area contributed by atoms with Gasteiger partial charge in [-0.1, -0.05) is 19.1 Å². The lowest BCUT2D eigenvalue weighted by Gasteiger charge is -2.39. The number of anilines is 1. The molecule has 1 amide bonds. The van der Waals surface area contributed by atoms with E-state index in [2.05, 4.69) is 25.2 Å². The smallest absolute Gasteiger partial charge is 0.240 e. The van der Waals surface area contributed by atoms with Crippen LogP contribution in [0.1, 0.15) is 31.3 Å². The first kappa shape index (κ1) is 20.3. The summed E-state index contributed by atoms with van der Waals surface area (Å²) in [7, 11) is 0. The SMILES string of the molecule is CCc1nc2ccccc2n1CC(=O)NCC1(O)CCCN(c2cc(C)ncn2)C1. The van der Waals surface area contributed by atoms with Crippen molar-refractivity contribution in [1.29, 1.82) is 0 Å². The lowest BCUT2D eigenvalue weighted by molar-refractivity contribution is -0.123. The molecule has 0 radical (unpaired) electrons. The van der Waals surface area contributed by atoms with E-state index < -0.39 is 5.60 Å². The molecule has 4 rings (SSSR count). The van der Waals surface area contributed by atoms with Crippen LogP contribution in [0.4, 0.5) is 5.82 Å². The van der Waals surface area contributed by atoms with Gasteiger partial charge in [0.25, 0.3) is 0 Å². The molecule has 0 saturated carbocycles. The van der Waals surface area contributed by atoms with E-state index in [4.69, 9.17) is 0 Å². The zero-order chi connectivity index (χ0) is 21.1. The minimum atomic E-state index is -0.989. The number of fused-ring (bicyclic) bond motifs is 1. The molecular weight excluding hydrogens is 380 g/mol. The molecule has 8 heteroatoms. The van der Waals surface area contributed by atoms with Crippen molar-refractivity contribution < 1.29 is 9.90 Å². The summed E-state index contributed by atoms with van der Waals surface area (Å²) in [4.78, 5) is 27.8. The predicted octanol–water partition coefficient (Wildman–Crippen LogP) is 1.84. The Kier molecular flexibility index (Phi) is 5.67. The third-order valence-corrected chi connectivity index (χ3v) is 5.63. The molecule has 1 fully saturated rings. The summed E-state index contributed by atoms with van der Waals surface area (Å²) in [5.41, 5.74) is 1.74. The van der Waals surface area contributed by atoms with Crippen LogP contribution in [0.2, 0.25) is 0 Å². The van der Waals surface area contributed by atoms with Gasteiger partial charge in [0.2, 0.25) is 5.91 Å². The highest BCUT2D eigenvalue weighted by Crippen LogP contribution is 2.24. The van der Waals surface area contributed by atoms with E-state index in [1.165, 1.54) is 0 Å². The largest absolute Gasteiger partial charge is 0.386 e. The van der Waals surface area contributed by atoms with Gasteiger partial charge in [-0.15, -0.1) is 0 Å². The van der Waals surface area contributed by atoms with Crippen molar-refractivity contribution in [1.82, 2.24) is 24.8 Å². The molecule has 1 aliphatic heterocycles. The lowest BCUT2D eigenvalue weighted by atomic mass is 9.92. The molecule has 0 bridgehead atoms. The van der Waals surface area contributed by atoms with Gasteiger partial charge >= 0.3 is 0 Å². The van der Waals surface area contributed by atoms with E-state index in [1.807, 2.05) is 48.7 Å². The number of aryl methyl sites for hydroxylation is 2. The van der Waals surface area contributed by atoms with Crippen molar-refractivity contribution >= 4 is 22.8 Å². The maximum Gasteiger partial charge on any atom is 0.240 e. The molecule has 2 aromatic heterocycles. The number of β-amino-alcohol motifs (C(OH)–C–C–N with tert-alkyl or cyclic N) is 1. The fourth-order valence-corrected chi connectivity index (χ4v) is 4.10. The molecule has 1 unspecified atom stereocenters.